The van der Waals surface area contributed by atoms with Crippen molar-refractivity contribution >= 4 is 63.3 Å². The molecule has 26 heavy (non-hydrogen) atoms. The van der Waals surface area contributed by atoms with Crippen LogP contribution in [0, 0.1) is 0 Å². The molecule has 4 nitrogen and oxygen atoms in total. The number of hydrogen-bond acceptors (Lipinski definition) is 5. The van der Waals surface area contributed by atoms with E-state index in [1.165, 1.54) is 11.8 Å². The molecule has 0 atom stereocenters. The monoisotopic (exact) mass is 403 g/mol. The normalized spacial score (nSPS) is 15.7. The fraction of sp³-hybridized carbons (Fsp3) is 0.158. The van der Waals surface area contributed by atoms with E-state index in [4.69, 9.17) is 23.8 Å². The Kier molecular flexibility index (Phi) is 5.86. The highest BCUT2D eigenvalue weighted by Gasteiger charge is 2.31. The predicted octanol–water partition coefficient (Wildman–Crippen LogP) is 4.68. The van der Waals surface area contributed by atoms with Crippen LogP contribution in [0.5, 0.6) is 0 Å². The van der Waals surface area contributed by atoms with Crippen molar-refractivity contribution in [3.8, 4) is 0 Å². The van der Waals surface area contributed by atoms with E-state index in [1.807, 2.05) is 61.5 Å². The van der Waals surface area contributed by atoms with E-state index in [-0.39, 0.29) is 5.91 Å². The number of hydrogen-bond donors (Lipinski definition) is 1. The Morgan fingerprint density at radius 1 is 1.23 bits per heavy atom. The molecule has 0 bridgehead atoms. The Morgan fingerprint density at radius 3 is 2.62 bits per heavy atom. The van der Waals surface area contributed by atoms with Crippen LogP contribution in [0.4, 0.5) is 11.4 Å². The Morgan fingerprint density at radius 2 is 1.96 bits per heavy atom. The van der Waals surface area contributed by atoms with Crippen LogP contribution in [0.15, 0.2) is 53.4 Å². The van der Waals surface area contributed by atoms with Crippen LogP contribution in [0.2, 0.25) is 5.02 Å². The van der Waals surface area contributed by atoms with E-state index in [0.29, 0.717) is 20.9 Å². The molecule has 1 N–H and O–H groups in total. The van der Waals surface area contributed by atoms with Crippen molar-refractivity contribution in [2.24, 2.45) is 0 Å². The number of halogens is 1. The van der Waals surface area contributed by atoms with Crippen LogP contribution in [-0.4, -0.2) is 35.9 Å². The number of nitrogens with zero attached hydrogens (tertiary/aromatic N) is 2. The zero-order valence-corrected chi connectivity index (χ0v) is 16.8. The maximum Gasteiger partial charge on any atom is 0.267 e. The third kappa shape index (κ3) is 4.38. The molecule has 0 saturated carbocycles. The van der Waals surface area contributed by atoms with Crippen molar-refractivity contribution < 1.29 is 4.79 Å². The smallest absolute Gasteiger partial charge is 0.267 e. The van der Waals surface area contributed by atoms with Gasteiger partial charge >= 0.3 is 0 Å². The summed E-state index contributed by atoms with van der Waals surface area (Å²) in [5.74, 6) is -0.0915. The molecule has 1 fully saturated rings. The Balaban J connectivity index is 1.69. The first kappa shape index (κ1) is 18.8. The molecular weight excluding hydrogens is 386 g/mol. The van der Waals surface area contributed by atoms with E-state index < -0.39 is 0 Å². The molecule has 0 unspecified atom stereocenters. The summed E-state index contributed by atoms with van der Waals surface area (Å²) in [6, 6.07) is 15.4. The molecule has 7 heteroatoms. The van der Waals surface area contributed by atoms with Crippen molar-refractivity contribution in [2.45, 2.75) is 0 Å². The molecule has 0 aliphatic carbocycles. The highest BCUT2D eigenvalue weighted by Crippen LogP contribution is 2.32. The Labute approximate surface area is 167 Å². The summed E-state index contributed by atoms with van der Waals surface area (Å²) < 4.78 is 0.542. The van der Waals surface area contributed by atoms with Crippen LogP contribution in [0.1, 0.15) is 5.56 Å². The van der Waals surface area contributed by atoms with Gasteiger partial charge in [0.1, 0.15) is 4.32 Å². The summed E-state index contributed by atoms with van der Waals surface area (Å²) in [6.07, 6.45) is 1.87. The largest absolute Gasteiger partial charge is 0.378 e. The first-order chi connectivity index (χ1) is 12.4. The average molecular weight is 404 g/mol. The number of benzene rings is 2. The molecule has 134 valence electrons. The average Bonchev–Trinajstić information content (AvgIpc) is 2.87. The quantitative estimate of drug-likeness (QED) is 0.579. The third-order valence-corrected chi connectivity index (χ3v) is 5.46. The molecule has 0 aromatic heterocycles. The fourth-order valence-corrected chi connectivity index (χ4v) is 3.87. The Bertz CT molecular complexity index is 865. The number of anilines is 2. The maximum absolute atomic E-state index is 12.7. The molecule has 2 aromatic rings. The van der Waals surface area contributed by atoms with Crippen molar-refractivity contribution in [1.29, 1.82) is 0 Å². The molecule has 1 heterocycles. The first-order valence-electron chi connectivity index (χ1n) is 7.96. The number of carbonyl (C=O) groups excluding carboxylic acids is 1. The van der Waals surface area contributed by atoms with Crippen molar-refractivity contribution in [3.63, 3.8) is 0 Å². The topological polar surface area (TPSA) is 35.6 Å². The number of carbonyl (C=O) groups is 1. The Hall–Kier alpha value is -2.02. The van der Waals surface area contributed by atoms with Gasteiger partial charge in [-0.2, -0.15) is 0 Å². The first-order valence-corrected chi connectivity index (χ1v) is 9.56. The molecule has 1 saturated heterocycles. The van der Waals surface area contributed by atoms with Crippen molar-refractivity contribution in [1.82, 2.24) is 4.90 Å². The summed E-state index contributed by atoms with van der Waals surface area (Å²) in [7, 11) is 3.99. The van der Waals surface area contributed by atoms with Gasteiger partial charge in [-0.3, -0.25) is 9.69 Å². The highest BCUT2D eigenvalue weighted by atomic mass is 35.5. The molecule has 1 amide bonds. The maximum atomic E-state index is 12.7. The summed E-state index contributed by atoms with van der Waals surface area (Å²) >= 11 is 12.7. The van der Waals surface area contributed by atoms with Gasteiger partial charge in [0.25, 0.3) is 5.91 Å². The van der Waals surface area contributed by atoms with Crippen LogP contribution >= 0.6 is 35.6 Å². The van der Waals surface area contributed by atoms with Gasteiger partial charge < -0.3 is 10.2 Å². The van der Waals surface area contributed by atoms with Gasteiger partial charge in [0.05, 0.1) is 11.6 Å². The van der Waals surface area contributed by atoms with Gasteiger partial charge in [0, 0.05) is 30.5 Å². The summed E-state index contributed by atoms with van der Waals surface area (Å²) in [6.45, 7) is 0.307. The third-order valence-electron chi connectivity index (χ3n) is 3.85. The molecular formula is C19H18ClN3OS2. The minimum Gasteiger partial charge on any atom is -0.378 e. The van der Waals surface area contributed by atoms with Gasteiger partial charge in [0.15, 0.2) is 0 Å². The second kappa shape index (κ2) is 8.12. The number of amides is 1. The van der Waals surface area contributed by atoms with Crippen molar-refractivity contribution in [2.75, 3.05) is 31.0 Å². The molecule has 3 rings (SSSR count). The molecule has 0 radical (unpaired) electrons. The number of thiocarbonyl (C=S) groups is 1. The number of rotatable bonds is 5. The van der Waals surface area contributed by atoms with Crippen LogP contribution in [0.3, 0.4) is 0 Å². The molecule has 0 spiro atoms. The number of thioether (sulfide) groups is 1. The zero-order valence-electron chi connectivity index (χ0n) is 14.4. The zero-order chi connectivity index (χ0) is 18.7. The van der Waals surface area contributed by atoms with Gasteiger partial charge in [-0.1, -0.05) is 53.8 Å². The van der Waals surface area contributed by atoms with Crippen molar-refractivity contribution in [3.05, 3.63) is 64.0 Å². The second-order valence-electron chi connectivity index (χ2n) is 5.94. The van der Waals surface area contributed by atoms with Crippen LogP contribution < -0.4 is 10.2 Å². The molecule has 1 aliphatic rings. The lowest BCUT2D eigenvalue weighted by Gasteiger charge is -2.16. The van der Waals surface area contributed by atoms with E-state index in [9.17, 15) is 4.79 Å². The standard InChI is InChI=1S/C19H18ClN3OS2/c1-22(2)16-8-6-13(7-9-16)10-17-18(24)23(19(25)26-17)12-21-15-5-3-4-14(20)11-15/h3-11,21H,12H2,1-2H3/b17-10+. The molecule has 1 aliphatic heterocycles. The van der Waals surface area contributed by atoms with E-state index in [1.54, 1.807) is 17.0 Å². The lowest BCUT2D eigenvalue weighted by molar-refractivity contribution is -0.121. The van der Waals surface area contributed by atoms with Gasteiger partial charge in [-0.05, 0) is 42.0 Å². The van der Waals surface area contributed by atoms with E-state index >= 15 is 0 Å². The summed E-state index contributed by atoms with van der Waals surface area (Å²) in [5.41, 5.74) is 2.93. The van der Waals surface area contributed by atoms with Crippen LogP contribution in [0.25, 0.3) is 6.08 Å². The lowest BCUT2D eigenvalue weighted by atomic mass is 10.2. The van der Waals surface area contributed by atoms with Gasteiger partial charge in [0.2, 0.25) is 0 Å². The number of nitrogens with one attached hydrogen (secondary N) is 1. The SMILES string of the molecule is CN(C)c1ccc(/C=C2/SC(=S)N(CNc3cccc(Cl)c3)C2=O)cc1. The van der Waals surface area contributed by atoms with Crippen LogP contribution in [-0.2, 0) is 4.79 Å². The second-order valence-corrected chi connectivity index (χ2v) is 8.05. The molecule has 2 aromatic carbocycles. The fourth-order valence-electron chi connectivity index (χ4n) is 2.43. The lowest BCUT2D eigenvalue weighted by Crippen LogP contribution is -2.33. The minimum atomic E-state index is -0.0915. The predicted molar refractivity (Wildman–Crippen MR) is 116 cm³/mol. The minimum absolute atomic E-state index is 0.0915. The van der Waals surface area contributed by atoms with Gasteiger partial charge in [-0.15, -0.1) is 0 Å². The van der Waals surface area contributed by atoms with E-state index in [0.717, 1.165) is 16.9 Å². The van der Waals surface area contributed by atoms with Gasteiger partial charge in [-0.25, -0.2) is 0 Å². The summed E-state index contributed by atoms with van der Waals surface area (Å²) in [4.78, 5) is 16.9. The van der Waals surface area contributed by atoms with E-state index in [2.05, 4.69) is 5.32 Å². The highest BCUT2D eigenvalue weighted by molar-refractivity contribution is 8.26. The summed E-state index contributed by atoms with van der Waals surface area (Å²) in [5, 5.41) is 3.82.